The number of oxazole rings is 1. The minimum Gasteiger partial charge on any atom is -0.497 e. The number of hydrogen-bond acceptors (Lipinski definition) is 7. The van der Waals surface area contributed by atoms with Crippen LogP contribution in [0.3, 0.4) is 0 Å². The highest BCUT2D eigenvalue weighted by atomic mass is 32.2. The summed E-state index contributed by atoms with van der Waals surface area (Å²) in [5.74, 6) is 0.0170. The number of aromatic nitrogens is 1. The number of piperidine rings is 1. The predicted molar refractivity (Wildman–Crippen MR) is 128 cm³/mol. The fraction of sp³-hybridized carbons (Fsp3) is 0.583. The van der Waals surface area contributed by atoms with Crippen molar-refractivity contribution in [2.24, 2.45) is 0 Å². The van der Waals surface area contributed by atoms with E-state index in [0.717, 1.165) is 25.9 Å². The largest absolute Gasteiger partial charge is 0.497 e. The van der Waals surface area contributed by atoms with Crippen molar-refractivity contribution in [1.29, 1.82) is 0 Å². The lowest BCUT2D eigenvalue weighted by Gasteiger charge is -2.35. The molecule has 0 spiro atoms. The number of ether oxygens (including phenoxy) is 1. The lowest BCUT2D eigenvalue weighted by atomic mass is 10.00. The van der Waals surface area contributed by atoms with Gasteiger partial charge in [0.15, 0.2) is 9.84 Å². The van der Waals surface area contributed by atoms with Gasteiger partial charge in [0.25, 0.3) is 0 Å². The van der Waals surface area contributed by atoms with Gasteiger partial charge in [-0.1, -0.05) is 19.4 Å². The van der Waals surface area contributed by atoms with Crippen LogP contribution in [-0.4, -0.2) is 62.7 Å². The number of rotatable bonds is 11. The molecule has 1 fully saturated rings. The maximum atomic E-state index is 12.6. The molecule has 0 bridgehead atoms. The Bertz CT molecular complexity index is 1030. The third-order valence-corrected chi connectivity index (χ3v) is 7.50. The summed E-state index contributed by atoms with van der Waals surface area (Å²) in [7, 11) is -2.11. The van der Waals surface area contributed by atoms with E-state index in [1.165, 1.54) is 19.3 Å². The molecule has 2 aromatic rings. The van der Waals surface area contributed by atoms with Gasteiger partial charge in [-0.2, -0.15) is 0 Å². The minimum absolute atomic E-state index is 0.316. The summed E-state index contributed by atoms with van der Waals surface area (Å²) in [6.45, 7) is 6.40. The van der Waals surface area contributed by atoms with Gasteiger partial charge in [-0.15, -0.1) is 0 Å². The first kappa shape index (κ1) is 25.2. The summed E-state index contributed by atoms with van der Waals surface area (Å²) in [6.07, 6.45) is 5.71. The van der Waals surface area contributed by atoms with E-state index in [1.54, 1.807) is 26.2 Å². The first-order valence-electron chi connectivity index (χ1n) is 11.6. The van der Waals surface area contributed by atoms with Crippen molar-refractivity contribution in [3.8, 4) is 17.2 Å². The van der Waals surface area contributed by atoms with Gasteiger partial charge in [0.2, 0.25) is 11.8 Å². The van der Waals surface area contributed by atoms with E-state index in [4.69, 9.17) is 9.15 Å². The molecule has 9 heteroatoms. The average Bonchev–Trinajstić information content (AvgIpc) is 3.16. The van der Waals surface area contributed by atoms with Crippen LogP contribution in [0.2, 0.25) is 0 Å². The Morgan fingerprint density at radius 3 is 2.91 bits per heavy atom. The van der Waals surface area contributed by atoms with Gasteiger partial charge < -0.3 is 19.4 Å². The number of aryl methyl sites for hydroxylation is 1. The van der Waals surface area contributed by atoms with Crippen molar-refractivity contribution >= 4 is 15.7 Å². The summed E-state index contributed by atoms with van der Waals surface area (Å²) in [6, 6.07) is 7.82. The molecule has 33 heavy (non-hydrogen) atoms. The topological polar surface area (TPSA) is 102 Å². The maximum absolute atomic E-state index is 12.6. The molecule has 0 unspecified atom stereocenters. The highest BCUT2D eigenvalue weighted by Crippen LogP contribution is 2.26. The molecule has 0 saturated carbocycles. The molecular weight excluding hydrogens is 442 g/mol. The molecule has 1 aromatic heterocycles. The van der Waals surface area contributed by atoms with Crippen LogP contribution in [0.25, 0.3) is 11.5 Å². The van der Waals surface area contributed by atoms with Crippen LogP contribution in [0.5, 0.6) is 5.75 Å². The van der Waals surface area contributed by atoms with Gasteiger partial charge in [0.1, 0.15) is 17.3 Å². The number of nitrogens with one attached hydrogen (secondary N) is 1. The second kappa shape index (κ2) is 11.7. The first-order chi connectivity index (χ1) is 15.8. The summed E-state index contributed by atoms with van der Waals surface area (Å²) >= 11 is 0. The van der Waals surface area contributed by atoms with Crippen molar-refractivity contribution in [2.75, 3.05) is 32.5 Å². The Labute approximate surface area is 196 Å². The third-order valence-electron chi connectivity index (χ3n) is 6.08. The van der Waals surface area contributed by atoms with Crippen molar-refractivity contribution in [3.05, 3.63) is 35.7 Å². The van der Waals surface area contributed by atoms with Crippen LogP contribution >= 0.6 is 0 Å². The van der Waals surface area contributed by atoms with E-state index >= 15 is 0 Å². The molecule has 0 aliphatic carbocycles. The summed E-state index contributed by atoms with van der Waals surface area (Å²) in [5.41, 5.74) is 1.01. The molecule has 8 nitrogen and oxygen atoms in total. The number of sulfone groups is 1. The lowest BCUT2D eigenvalue weighted by molar-refractivity contribution is -0.118. The zero-order valence-electron chi connectivity index (χ0n) is 19.8. The number of methoxy groups -OCH3 is 1. The number of amides is 1. The van der Waals surface area contributed by atoms with Crippen LogP contribution in [0.15, 0.2) is 28.7 Å². The van der Waals surface area contributed by atoms with E-state index < -0.39 is 21.5 Å². The van der Waals surface area contributed by atoms with Crippen LogP contribution in [0.1, 0.15) is 50.5 Å². The van der Waals surface area contributed by atoms with Crippen molar-refractivity contribution in [3.63, 3.8) is 0 Å². The van der Waals surface area contributed by atoms with E-state index in [-0.39, 0.29) is 5.75 Å². The zero-order valence-corrected chi connectivity index (χ0v) is 20.6. The normalized spacial score (nSPS) is 17.1. The second-order valence-corrected chi connectivity index (χ2v) is 10.6. The fourth-order valence-electron chi connectivity index (χ4n) is 4.28. The Balaban J connectivity index is 1.49. The van der Waals surface area contributed by atoms with Gasteiger partial charge in [-0.25, -0.2) is 13.4 Å². The second-order valence-electron chi connectivity index (χ2n) is 8.58. The molecule has 3 rings (SSSR count). The fourth-order valence-corrected chi connectivity index (χ4v) is 5.57. The smallest absolute Gasteiger partial charge is 0.235 e. The van der Waals surface area contributed by atoms with Gasteiger partial charge in [0, 0.05) is 24.7 Å². The third kappa shape index (κ3) is 7.30. The monoisotopic (exact) mass is 477 g/mol. The number of benzene rings is 1. The average molecular weight is 478 g/mol. The standard InChI is InChI=1S/C24H35N3O5S/c1-4-20-10-5-6-13-27(20)14-8-12-25-23(28)17-33(29,30)16-22-18(2)32-24(26-22)19-9-7-11-21(15-19)31-3/h7,9,11,15,20H,4-6,8,10,12-14,16-17H2,1-3H3,(H,25,28)/t20-/m1/s1. The Hall–Kier alpha value is -2.39. The predicted octanol–water partition coefficient (Wildman–Crippen LogP) is 3.34. The molecule has 182 valence electrons. The Kier molecular flexibility index (Phi) is 8.91. The van der Waals surface area contributed by atoms with Crippen molar-refractivity contribution in [1.82, 2.24) is 15.2 Å². The van der Waals surface area contributed by atoms with E-state index in [0.29, 0.717) is 41.2 Å². The van der Waals surface area contributed by atoms with Gasteiger partial charge in [-0.05, 0) is 57.4 Å². The van der Waals surface area contributed by atoms with Gasteiger partial charge in [0.05, 0.1) is 18.6 Å². The number of likely N-dealkylation sites (tertiary alicyclic amines) is 1. The highest BCUT2D eigenvalue weighted by Gasteiger charge is 2.23. The molecule has 1 saturated heterocycles. The zero-order chi connectivity index (χ0) is 23.8. The number of hydrogen-bond donors (Lipinski definition) is 1. The van der Waals surface area contributed by atoms with E-state index in [1.807, 2.05) is 12.1 Å². The van der Waals surface area contributed by atoms with Crippen LogP contribution in [-0.2, 0) is 20.4 Å². The molecule has 1 aliphatic rings. The van der Waals surface area contributed by atoms with E-state index in [9.17, 15) is 13.2 Å². The molecule has 2 heterocycles. The first-order valence-corrected chi connectivity index (χ1v) is 13.5. The summed E-state index contributed by atoms with van der Waals surface area (Å²) in [4.78, 5) is 19.1. The summed E-state index contributed by atoms with van der Waals surface area (Å²) in [5, 5.41) is 2.75. The number of carbonyl (C=O) groups excluding carboxylic acids is 1. The maximum Gasteiger partial charge on any atom is 0.235 e. The Morgan fingerprint density at radius 1 is 1.33 bits per heavy atom. The molecule has 1 aromatic carbocycles. The molecule has 0 radical (unpaired) electrons. The molecular formula is C24H35N3O5S. The Morgan fingerprint density at radius 2 is 2.15 bits per heavy atom. The van der Waals surface area contributed by atoms with Crippen molar-refractivity contribution in [2.45, 2.75) is 57.7 Å². The highest BCUT2D eigenvalue weighted by molar-refractivity contribution is 7.91. The molecule has 1 atom stereocenters. The van der Waals surface area contributed by atoms with Crippen molar-refractivity contribution < 1.29 is 22.4 Å². The number of carbonyl (C=O) groups is 1. The van der Waals surface area contributed by atoms with E-state index in [2.05, 4.69) is 22.1 Å². The molecule has 1 N–H and O–H groups in total. The van der Waals surface area contributed by atoms with Gasteiger partial charge in [-0.3, -0.25) is 4.79 Å². The summed E-state index contributed by atoms with van der Waals surface area (Å²) < 4.78 is 36.1. The quantitative estimate of drug-likeness (QED) is 0.495. The number of nitrogens with zero attached hydrogens (tertiary/aromatic N) is 2. The van der Waals surface area contributed by atoms with Gasteiger partial charge >= 0.3 is 0 Å². The van der Waals surface area contributed by atoms with Crippen LogP contribution < -0.4 is 10.1 Å². The lowest BCUT2D eigenvalue weighted by Crippen LogP contribution is -2.41. The van der Waals surface area contributed by atoms with Crippen LogP contribution in [0.4, 0.5) is 0 Å². The SMILES string of the molecule is CC[C@@H]1CCCCN1CCCNC(=O)CS(=O)(=O)Cc1nc(-c2cccc(OC)c2)oc1C. The van der Waals surface area contributed by atoms with Crippen LogP contribution in [0, 0.1) is 6.92 Å². The molecule has 1 aliphatic heterocycles. The molecule has 1 amide bonds. The minimum atomic E-state index is -3.68.